The summed E-state index contributed by atoms with van der Waals surface area (Å²) in [5, 5.41) is 2.43. The summed E-state index contributed by atoms with van der Waals surface area (Å²) >= 11 is 0. The Bertz CT molecular complexity index is 2720. The number of fused-ring (bicyclic) bond motifs is 12. The van der Waals surface area contributed by atoms with E-state index in [4.69, 9.17) is 4.74 Å². The highest BCUT2D eigenvalue weighted by molar-refractivity contribution is 6.11. The molecule has 2 heterocycles. The zero-order chi connectivity index (χ0) is 33.5. The van der Waals surface area contributed by atoms with Crippen LogP contribution in [0.2, 0.25) is 0 Å². The molecule has 0 amide bonds. The first-order valence-corrected chi connectivity index (χ1v) is 17.6. The fourth-order valence-corrected chi connectivity index (χ4v) is 8.93. The second-order valence-corrected chi connectivity index (χ2v) is 13.7. The van der Waals surface area contributed by atoms with Gasteiger partial charge in [-0.3, -0.25) is 0 Å². The molecule has 2 aliphatic rings. The summed E-state index contributed by atoms with van der Waals surface area (Å²) in [5.41, 5.74) is 15.1. The van der Waals surface area contributed by atoms with Gasteiger partial charge in [0.2, 0.25) is 0 Å². The first-order chi connectivity index (χ1) is 25.3. The lowest BCUT2D eigenvalue weighted by atomic mass is 9.66. The highest BCUT2D eigenvalue weighted by atomic mass is 16.5. The van der Waals surface area contributed by atoms with E-state index in [1.54, 1.807) is 0 Å². The van der Waals surface area contributed by atoms with E-state index >= 15 is 0 Å². The fraction of sp³-hybridized carbons (Fsp3) is 0.0204. The largest absolute Gasteiger partial charge is 0.457 e. The third-order valence-corrected chi connectivity index (χ3v) is 11.0. The number of aromatic nitrogens is 1. The Morgan fingerprint density at radius 2 is 0.902 bits per heavy atom. The lowest BCUT2D eigenvalue weighted by molar-refractivity contribution is 0.437. The van der Waals surface area contributed by atoms with Gasteiger partial charge in [-0.2, -0.15) is 0 Å². The zero-order valence-electron chi connectivity index (χ0n) is 27.8. The maximum Gasteiger partial charge on any atom is 0.134 e. The first-order valence-electron chi connectivity index (χ1n) is 17.6. The molecule has 51 heavy (non-hydrogen) atoms. The van der Waals surface area contributed by atoms with Crippen LogP contribution in [0.4, 0.5) is 0 Å². The number of hydrogen-bond acceptors (Lipinski definition) is 1. The van der Waals surface area contributed by atoms with Crippen LogP contribution in [0.25, 0.3) is 60.9 Å². The molecule has 1 aromatic heterocycles. The zero-order valence-corrected chi connectivity index (χ0v) is 27.8. The second kappa shape index (κ2) is 10.7. The Labute approximate surface area is 296 Å². The van der Waals surface area contributed by atoms with Crippen molar-refractivity contribution in [2.24, 2.45) is 0 Å². The summed E-state index contributed by atoms with van der Waals surface area (Å²) in [6.45, 7) is 0. The van der Waals surface area contributed by atoms with Crippen LogP contribution >= 0.6 is 0 Å². The SMILES string of the molecule is c1ccc(-c2cc(-c3ccccc3)cc(-n3c4ccccc4c4cc5c(cc43)Oc3ccccc3C53c4ccccc4-c4ccccc43)c2)cc1. The van der Waals surface area contributed by atoms with Crippen LogP contribution in [0.1, 0.15) is 22.3 Å². The number of para-hydroxylation sites is 2. The average molecular weight is 650 g/mol. The van der Waals surface area contributed by atoms with Crippen LogP contribution < -0.4 is 4.74 Å². The first kappa shape index (κ1) is 28.2. The molecular weight excluding hydrogens is 619 g/mol. The highest BCUT2D eigenvalue weighted by Crippen LogP contribution is 2.62. The van der Waals surface area contributed by atoms with E-state index in [9.17, 15) is 0 Å². The van der Waals surface area contributed by atoms with Crippen LogP contribution in [0.3, 0.4) is 0 Å². The number of benzene rings is 8. The van der Waals surface area contributed by atoms with Crippen molar-refractivity contribution >= 4 is 21.8 Å². The Kier molecular flexibility index (Phi) is 5.91. The summed E-state index contributed by atoms with van der Waals surface area (Å²) in [5.74, 6) is 1.79. The third kappa shape index (κ3) is 3.93. The van der Waals surface area contributed by atoms with Crippen molar-refractivity contribution in [1.82, 2.24) is 4.57 Å². The second-order valence-electron chi connectivity index (χ2n) is 13.7. The predicted molar refractivity (Wildman–Crippen MR) is 209 cm³/mol. The molecule has 0 unspecified atom stereocenters. The van der Waals surface area contributed by atoms with Gasteiger partial charge < -0.3 is 9.30 Å². The van der Waals surface area contributed by atoms with Gasteiger partial charge in [0.05, 0.1) is 16.4 Å². The molecule has 0 N–H and O–H groups in total. The van der Waals surface area contributed by atoms with Crippen molar-refractivity contribution in [1.29, 1.82) is 0 Å². The monoisotopic (exact) mass is 649 g/mol. The van der Waals surface area contributed by atoms with Gasteiger partial charge in [0.15, 0.2) is 0 Å². The fourth-order valence-electron chi connectivity index (χ4n) is 8.93. The van der Waals surface area contributed by atoms with Crippen LogP contribution in [0, 0.1) is 0 Å². The summed E-state index contributed by atoms with van der Waals surface area (Å²) in [6, 6.07) is 68.3. The number of ether oxygens (including phenoxy) is 1. The average Bonchev–Trinajstić information content (AvgIpc) is 3.68. The minimum absolute atomic E-state index is 0.511. The third-order valence-electron chi connectivity index (χ3n) is 11.0. The minimum Gasteiger partial charge on any atom is -0.457 e. The van der Waals surface area contributed by atoms with Gasteiger partial charge in [-0.25, -0.2) is 0 Å². The summed E-state index contributed by atoms with van der Waals surface area (Å²) in [4.78, 5) is 0. The van der Waals surface area contributed by atoms with E-state index in [-0.39, 0.29) is 0 Å². The molecule has 0 saturated carbocycles. The van der Waals surface area contributed by atoms with E-state index < -0.39 is 5.41 Å². The number of hydrogen-bond donors (Lipinski definition) is 0. The number of rotatable bonds is 3. The molecule has 2 heteroatoms. The molecule has 2 nitrogen and oxygen atoms in total. The van der Waals surface area contributed by atoms with Gasteiger partial charge in [0.1, 0.15) is 11.5 Å². The molecule has 0 saturated heterocycles. The van der Waals surface area contributed by atoms with Gasteiger partial charge in [-0.1, -0.05) is 146 Å². The van der Waals surface area contributed by atoms with Crippen molar-refractivity contribution in [3.05, 3.63) is 210 Å². The lowest BCUT2D eigenvalue weighted by Crippen LogP contribution is -2.32. The van der Waals surface area contributed by atoms with E-state index in [0.29, 0.717) is 0 Å². The molecule has 9 aromatic rings. The maximum atomic E-state index is 6.96. The molecule has 1 spiro atoms. The Hall–Kier alpha value is -6.64. The maximum absolute atomic E-state index is 6.96. The molecule has 8 aromatic carbocycles. The highest BCUT2D eigenvalue weighted by Gasteiger charge is 2.51. The van der Waals surface area contributed by atoms with Gasteiger partial charge >= 0.3 is 0 Å². The standard InChI is InChI=1S/C49H31NO/c1-3-15-32(16-4-1)34-27-35(33-17-5-2-6-18-33)29-36(28-34)50-45-25-13-9-21-39(45)40-30-44-48(31-46(40)50)51-47-26-14-12-24-43(47)49(44)41-22-10-7-19-37(41)38-20-8-11-23-42(38)49/h1-31H. The van der Waals surface area contributed by atoms with E-state index in [2.05, 4.69) is 193 Å². The smallest absolute Gasteiger partial charge is 0.134 e. The lowest BCUT2D eigenvalue weighted by Gasteiger charge is -2.39. The van der Waals surface area contributed by atoms with Gasteiger partial charge in [0, 0.05) is 33.7 Å². The molecule has 0 atom stereocenters. The van der Waals surface area contributed by atoms with Crippen molar-refractivity contribution in [3.8, 4) is 50.6 Å². The molecular formula is C49H31NO. The predicted octanol–water partition coefficient (Wildman–Crippen LogP) is 12.6. The van der Waals surface area contributed by atoms with Crippen LogP contribution in [0.5, 0.6) is 11.5 Å². The van der Waals surface area contributed by atoms with Crippen molar-refractivity contribution in [2.75, 3.05) is 0 Å². The van der Waals surface area contributed by atoms with Gasteiger partial charge in [-0.15, -0.1) is 0 Å². The van der Waals surface area contributed by atoms with Crippen molar-refractivity contribution in [3.63, 3.8) is 0 Å². The summed E-state index contributed by atoms with van der Waals surface area (Å²) in [7, 11) is 0. The quantitative estimate of drug-likeness (QED) is 0.186. The Balaban J connectivity index is 1.24. The number of nitrogens with zero attached hydrogens (tertiary/aromatic N) is 1. The van der Waals surface area contributed by atoms with E-state index in [1.807, 2.05) is 0 Å². The molecule has 238 valence electrons. The molecule has 11 rings (SSSR count). The Morgan fingerprint density at radius 1 is 0.353 bits per heavy atom. The molecule has 1 aliphatic heterocycles. The van der Waals surface area contributed by atoms with Crippen molar-refractivity contribution < 1.29 is 4.74 Å². The molecule has 0 bridgehead atoms. The van der Waals surface area contributed by atoms with Crippen LogP contribution in [-0.4, -0.2) is 4.57 Å². The van der Waals surface area contributed by atoms with Gasteiger partial charge in [-0.05, 0) is 80.9 Å². The molecule has 0 fully saturated rings. The van der Waals surface area contributed by atoms with E-state index in [0.717, 1.165) is 28.2 Å². The van der Waals surface area contributed by atoms with Crippen LogP contribution in [0.15, 0.2) is 188 Å². The van der Waals surface area contributed by atoms with Crippen molar-refractivity contribution in [2.45, 2.75) is 5.41 Å². The van der Waals surface area contributed by atoms with E-state index in [1.165, 1.54) is 66.4 Å². The molecule has 0 radical (unpaired) electrons. The minimum atomic E-state index is -0.511. The summed E-state index contributed by atoms with van der Waals surface area (Å²) < 4.78 is 9.39. The normalized spacial score (nSPS) is 13.4. The topological polar surface area (TPSA) is 14.2 Å². The Morgan fingerprint density at radius 3 is 1.57 bits per heavy atom. The summed E-state index contributed by atoms with van der Waals surface area (Å²) in [6.07, 6.45) is 0. The molecule has 1 aliphatic carbocycles. The van der Waals surface area contributed by atoms with Crippen LogP contribution in [-0.2, 0) is 5.41 Å². The van der Waals surface area contributed by atoms with Gasteiger partial charge in [0.25, 0.3) is 0 Å².